The summed E-state index contributed by atoms with van der Waals surface area (Å²) in [4.78, 5) is 30.0. The number of hydrogen-bond donors (Lipinski definition) is 0. The molecule has 1 heterocycles. The maximum Gasteiger partial charge on any atom is 0.254 e. The number of aryl methyl sites for hydroxylation is 1. The maximum atomic E-state index is 13.3. The molecule has 3 aromatic rings. The zero-order chi connectivity index (χ0) is 25.5. The lowest BCUT2D eigenvalue weighted by Crippen LogP contribution is -2.58. The molecule has 0 unspecified atom stereocenters. The van der Waals surface area contributed by atoms with Crippen molar-refractivity contribution in [2.45, 2.75) is 25.5 Å². The molecule has 0 N–H and O–H groups in total. The lowest BCUT2D eigenvalue weighted by Gasteiger charge is -2.42. The summed E-state index contributed by atoms with van der Waals surface area (Å²) in [5, 5.41) is 0.656. The molecule has 7 heteroatoms. The Bertz CT molecular complexity index is 1190. The Morgan fingerprint density at radius 2 is 1.75 bits per heavy atom. The minimum atomic E-state index is -0.988. The predicted octanol–water partition coefficient (Wildman–Crippen LogP) is 4.99. The molecule has 0 spiro atoms. The van der Waals surface area contributed by atoms with Crippen LogP contribution in [-0.2, 0) is 16.1 Å². The van der Waals surface area contributed by atoms with Gasteiger partial charge >= 0.3 is 0 Å². The molecule has 0 aliphatic carbocycles. The number of benzene rings is 3. The van der Waals surface area contributed by atoms with Gasteiger partial charge in [-0.15, -0.1) is 0 Å². The Balaban J connectivity index is 1.53. The third-order valence-corrected chi connectivity index (χ3v) is 6.77. The first-order valence-electron chi connectivity index (χ1n) is 12.0. The van der Waals surface area contributed by atoms with Crippen molar-refractivity contribution in [1.29, 1.82) is 0 Å². The van der Waals surface area contributed by atoms with Gasteiger partial charge in [-0.3, -0.25) is 9.59 Å². The highest BCUT2D eigenvalue weighted by Gasteiger charge is 2.42. The molecule has 188 valence electrons. The van der Waals surface area contributed by atoms with Crippen LogP contribution in [0.2, 0.25) is 5.02 Å². The van der Waals surface area contributed by atoms with Gasteiger partial charge in [0.05, 0.1) is 19.6 Å². The topological polar surface area (TPSA) is 59.1 Å². The normalized spacial score (nSPS) is 17.5. The van der Waals surface area contributed by atoms with Gasteiger partial charge in [0.2, 0.25) is 5.91 Å². The average Bonchev–Trinajstić information content (AvgIpc) is 2.90. The van der Waals surface area contributed by atoms with Crippen LogP contribution in [-0.4, -0.2) is 60.6 Å². The summed E-state index contributed by atoms with van der Waals surface area (Å²) in [7, 11) is 1.78. The number of amides is 2. The predicted molar refractivity (Wildman–Crippen MR) is 140 cm³/mol. The Hall–Kier alpha value is -3.35. The van der Waals surface area contributed by atoms with Crippen molar-refractivity contribution in [1.82, 2.24) is 9.80 Å². The van der Waals surface area contributed by atoms with Gasteiger partial charge in [-0.1, -0.05) is 60.1 Å². The van der Waals surface area contributed by atoms with Crippen LogP contribution in [0.15, 0.2) is 78.9 Å². The van der Waals surface area contributed by atoms with Gasteiger partial charge < -0.3 is 19.3 Å². The van der Waals surface area contributed by atoms with Crippen LogP contribution in [0.1, 0.15) is 27.9 Å². The van der Waals surface area contributed by atoms with Gasteiger partial charge in [-0.05, 0) is 48.4 Å². The highest BCUT2D eigenvalue weighted by atomic mass is 35.5. The van der Waals surface area contributed by atoms with Crippen LogP contribution >= 0.6 is 11.6 Å². The van der Waals surface area contributed by atoms with Gasteiger partial charge in [0.15, 0.2) is 0 Å². The average molecular weight is 507 g/mol. The van der Waals surface area contributed by atoms with E-state index in [0.717, 1.165) is 11.1 Å². The zero-order valence-electron chi connectivity index (χ0n) is 20.7. The van der Waals surface area contributed by atoms with Crippen LogP contribution in [0, 0.1) is 6.92 Å². The number of nitrogens with zero attached hydrogens (tertiary/aromatic N) is 2. The summed E-state index contributed by atoms with van der Waals surface area (Å²) in [6, 6.07) is 24.4. The summed E-state index contributed by atoms with van der Waals surface area (Å²) >= 11 is 6.16. The fourth-order valence-corrected chi connectivity index (χ4v) is 4.42. The first-order chi connectivity index (χ1) is 17.3. The number of carbonyl (C=O) groups excluding carboxylic acids is 2. The van der Waals surface area contributed by atoms with Gasteiger partial charge in [-0.25, -0.2) is 0 Å². The fraction of sp³-hybridized carbons (Fsp3) is 0.310. The molecule has 0 aromatic heterocycles. The molecule has 4 rings (SSSR count). The third kappa shape index (κ3) is 6.45. The standard InChI is InChI=1S/C29H31ClN2O4/c1-22-17-25(13-14-26(22)30)35-21-29(18-27(33)31(2)19-23-9-5-3-6-10-23)20-32(15-16-36-29)28(34)24-11-7-4-8-12-24/h3-14,17H,15-16,18-21H2,1-2H3/t29-/m0/s1. The van der Waals surface area contributed by atoms with E-state index in [0.29, 0.717) is 36.0 Å². The van der Waals surface area contributed by atoms with Gasteiger partial charge in [0, 0.05) is 30.7 Å². The van der Waals surface area contributed by atoms with E-state index in [9.17, 15) is 9.59 Å². The maximum absolute atomic E-state index is 13.3. The van der Waals surface area contributed by atoms with Crippen LogP contribution in [0.3, 0.4) is 0 Å². The smallest absolute Gasteiger partial charge is 0.254 e. The second-order valence-corrected chi connectivity index (χ2v) is 9.64. The van der Waals surface area contributed by atoms with Crippen molar-refractivity contribution < 1.29 is 19.1 Å². The summed E-state index contributed by atoms with van der Waals surface area (Å²) in [6.45, 7) is 3.53. The first-order valence-corrected chi connectivity index (χ1v) is 12.4. The van der Waals surface area contributed by atoms with E-state index in [1.165, 1.54) is 0 Å². The molecule has 1 saturated heterocycles. The van der Waals surface area contributed by atoms with E-state index >= 15 is 0 Å². The summed E-state index contributed by atoms with van der Waals surface area (Å²) in [5.74, 6) is 0.468. The number of rotatable bonds is 8. The van der Waals surface area contributed by atoms with Crippen molar-refractivity contribution >= 4 is 23.4 Å². The minimum absolute atomic E-state index is 0.0799. The second kappa shape index (κ2) is 11.6. The number of ether oxygens (including phenoxy) is 2. The van der Waals surface area contributed by atoms with E-state index < -0.39 is 5.60 Å². The number of morpholine rings is 1. The summed E-state index contributed by atoms with van der Waals surface area (Å²) in [6.07, 6.45) is 0.0848. The Labute approximate surface area is 217 Å². The molecule has 0 bridgehead atoms. The second-order valence-electron chi connectivity index (χ2n) is 9.24. The van der Waals surface area contributed by atoms with Crippen molar-refractivity contribution in [3.63, 3.8) is 0 Å². The molecule has 0 saturated carbocycles. The van der Waals surface area contributed by atoms with E-state index in [-0.39, 0.29) is 31.4 Å². The molecule has 0 radical (unpaired) electrons. The largest absolute Gasteiger partial charge is 0.490 e. The molecular weight excluding hydrogens is 476 g/mol. The van der Waals surface area contributed by atoms with Crippen molar-refractivity contribution in [3.8, 4) is 5.75 Å². The van der Waals surface area contributed by atoms with Gasteiger partial charge in [-0.2, -0.15) is 0 Å². The van der Waals surface area contributed by atoms with Crippen molar-refractivity contribution in [2.75, 3.05) is 33.4 Å². The monoisotopic (exact) mass is 506 g/mol. The quantitative estimate of drug-likeness (QED) is 0.432. The van der Waals surface area contributed by atoms with Crippen LogP contribution < -0.4 is 4.74 Å². The van der Waals surface area contributed by atoms with Gasteiger partial charge in [0.25, 0.3) is 5.91 Å². The van der Waals surface area contributed by atoms with E-state index in [2.05, 4.69) is 0 Å². The van der Waals surface area contributed by atoms with Gasteiger partial charge in [0.1, 0.15) is 18.0 Å². The van der Waals surface area contributed by atoms with E-state index in [4.69, 9.17) is 21.1 Å². The van der Waals surface area contributed by atoms with Crippen LogP contribution in [0.4, 0.5) is 0 Å². The molecule has 2 amide bonds. The zero-order valence-corrected chi connectivity index (χ0v) is 21.4. The van der Waals surface area contributed by atoms with Crippen molar-refractivity contribution in [3.05, 3.63) is 101 Å². The fourth-order valence-electron chi connectivity index (χ4n) is 4.30. The number of hydrogen-bond acceptors (Lipinski definition) is 4. The van der Waals surface area contributed by atoms with Crippen LogP contribution in [0.5, 0.6) is 5.75 Å². The third-order valence-electron chi connectivity index (χ3n) is 6.35. The molecule has 1 fully saturated rings. The molecular formula is C29H31ClN2O4. The van der Waals surface area contributed by atoms with Crippen molar-refractivity contribution in [2.24, 2.45) is 0 Å². The lowest BCUT2D eigenvalue weighted by atomic mass is 9.96. The lowest BCUT2D eigenvalue weighted by molar-refractivity contribution is -0.152. The minimum Gasteiger partial charge on any atom is -0.490 e. The molecule has 1 aliphatic rings. The molecule has 1 aliphatic heterocycles. The molecule has 3 aromatic carbocycles. The number of halogens is 1. The SMILES string of the molecule is Cc1cc(OC[C@]2(CC(=O)N(C)Cc3ccccc3)CN(C(=O)c3ccccc3)CCO2)ccc1Cl. The van der Waals surface area contributed by atoms with Crippen LogP contribution in [0.25, 0.3) is 0 Å². The Kier molecular flexibility index (Phi) is 8.28. The molecule has 36 heavy (non-hydrogen) atoms. The van der Waals surface area contributed by atoms with E-state index in [1.807, 2.05) is 61.5 Å². The summed E-state index contributed by atoms with van der Waals surface area (Å²) in [5.41, 5.74) is 1.56. The summed E-state index contributed by atoms with van der Waals surface area (Å²) < 4.78 is 12.4. The molecule has 1 atom stereocenters. The Morgan fingerprint density at radius 3 is 2.44 bits per heavy atom. The van der Waals surface area contributed by atoms with E-state index in [1.54, 1.807) is 41.1 Å². The molecule has 6 nitrogen and oxygen atoms in total. The highest BCUT2D eigenvalue weighted by Crippen LogP contribution is 2.28. The highest BCUT2D eigenvalue weighted by molar-refractivity contribution is 6.31. The first kappa shape index (κ1) is 25.7. The Morgan fingerprint density at radius 1 is 1.06 bits per heavy atom. The number of carbonyl (C=O) groups is 2.